The number of hydrogen-bond acceptors (Lipinski definition) is 7. The molecule has 34 heavy (non-hydrogen) atoms. The summed E-state index contributed by atoms with van der Waals surface area (Å²) in [5.74, 6) is 0.0892. The van der Waals surface area contributed by atoms with Crippen molar-refractivity contribution in [3.8, 4) is 0 Å². The third kappa shape index (κ3) is 4.36. The lowest BCUT2D eigenvalue weighted by Crippen LogP contribution is -2.22. The van der Waals surface area contributed by atoms with Gasteiger partial charge in [0.05, 0.1) is 17.8 Å². The lowest BCUT2D eigenvalue weighted by molar-refractivity contribution is -0.137. The summed E-state index contributed by atoms with van der Waals surface area (Å²) in [6.45, 7) is 1.78. The Bertz CT molecular complexity index is 1310. The van der Waals surface area contributed by atoms with Gasteiger partial charge in [-0.3, -0.25) is 10.1 Å². The average molecular weight is 472 g/mol. The van der Waals surface area contributed by atoms with Crippen LogP contribution in [0.25, 0.3) is 11.7 Å². The fraction of sp³-hybridized carbons (Fsp3) is 0.286. The minimum atomic E-state index is -4.41. The Morgan fingerprint density at radius 3 is 2.50 bits per heavy atom. The van der Waals surface area contributed by atoms with Gasteiger partial charge in [0.2, 0.25) is 11.9 Å². The highest BCUT2D eigenvalue weighted by atomic mass is 19.4. The Hall–Kier alpha value is -4.16. The van der Waals surface area contributed by atoms with Crippen molar-refractivity contribution < 1.29 is 22.8 Å². The fourth-order valence-corrected chi connectivity index (χ4v) is 3.44. The molecular weight excluding hydrogens is 453 g/mol. The number of nitrogens with one attached hydrogen (secondary N) is 4. The van der Waals surface area contributed by atoms with Gasteiger partial charge in [-0.25, -0.2) is 4.79 Å². The molecule has 3 heterocycles. The van der Waals surface area contributed by atoms with E-state index in [0.29, 0.717) is 22.7 Å². The summed E-state index contributed by atoms with van der Waals surface area (Å²) >= 11 is 0. The quantitative estimate of drug-likeness (QED) is 0.321. The van der Waals surface area contributed by atoms with Crippen molar-refractivity contribution in [2.75, 3.05) is 10.6 Å². The number of benzene rings is 1. The molecule has 1 aliphatic heterocycles. The van der Waals surface area contributed by atoms with Crippen LogP contribution in [-0.2, 0) is 11.0 Å². The molecule has 2 fully saturated rings. The second-order valence-electron chi connectivity index (χ2n) is 8.08. The Kier molecular flexibility index (Phi) is 5.10. The summed E-state index contributed by atoms with van der Waals surface area (Å²) in [7, 11) is 0. The maximum absolute atomic E-state index is 12.9. The Morgan fingerprint density at radius 1 is 1.15 bits per heavy atom. The summed E-state index contributed by atoms with van der Waals surface area (Å²) in [4.78, 5) is 32.3. The Morgan fingerprint density at radius 2 is 1.88 bits per heavy atom. The number of fused-ring (bicyclic) bond motifs is 1. The van der Waals surface area contributed by atoms with Crippen molar-refractivity contribution >= 4 is 35.6 Å². The van der Waals surface area contributed by atoms with Gasteiger partial charge in [0, 0.05) is 11.6 Å². The van der Waals surface area contributed by atoms with Crippen molar-refractivity contribution in [1.82, 2.24) is 30.2 Å². The smallest absolute Gasteiger partial charge is 0.351 e. The summed E-state index contributed by atoms with van der Waals surface area (Å²) in [6, 6.07) is 4.09. The summed E-state index contributed by atoms with van der Waals surface area (Å²) in [6.07, 6.45) is 0.520. The second-order valence-corrected chi connectivity index (χ2v) is 8.08. The van der Waals surface area contributed by atoms with E-state index >= 15 is 0 Å². The number of alkyl halides is 3. The molecular formula is C21H19F3N8O2. The molecule has 10 nitrogen and oxygen atoms in total. The molecule has 1 aromatic carbocycles. The number of imide groups is 1. The first-order valence-electron chi connectivity index (χ1n) is 10.5. The van der Waals surface area contributed by atoms with Gasteiger partial charge in [-0.05, 0) is 43.5 Å². The van der Waals surface area contributed by atoms with Gasteiger partial charge in [-0.2, -0.15) is 32.8 Å². The molecule has 1 atom stereocenters. The normalized spacial score (nSPS) is 18.2. The number of halogens is 3. The van der Waals surface area contributed by atoms with E-state index in [-0.39, 0.29) is 17.7 Å². The first-order valence-corrected chi connectivity index (χ1v) is 10.5. The molecule has 5 rings (SSSR count). The number of anilines is 2. The van der Waals surface area contributed by atoms with Crippen molar-refractivity contribution in [2.24, 2.45) is 0 Å². The molecule has 4 N–H and O–H groups in total. The minimum absolute atomic E-state index is 0.0582. The van der Waals surface area contributed by atoms with Crippen molar-refractivity contribution in [3.05, 3.63) is 52.8 Å². The lowest BCUT2D eigenvalue weighted by Gasteiger charge is -2.16. The van der Waals surface area contributed by atoms with Gasteiger partial charge in [0.25, 0.3) is 5.91 Å². The van der Waals surface area contributed by atoms with Gasteiger partial charge < -0.3 is 16.0 Å². The molecule has 13 heteroatoms. The SMILES string of the molecule is C[C@H](Nc1nc(NC2CC2)n2ncc(/C=C3\NC(=O)NC3=O)c2n1)c1ccc(C(F)(F)F)cc1. The number of nitrogens with zero attached hydrogens (tertiary/aromatic N) is 4. The highest BCUT2D eigenvalue weighted by molar-refractivity contribution is 6.14. The monoisotopic (exact) mass is 472 g/mol. The van der Waals surface area contributed by atoms with E-state index in [1.807, 2.05) is 0 Å². The number of amides is 3. The van der Waals surface area contributed by atoms with E-state index in [1.165, 1.54) is 28.9 Å². The van der Waals surface area contributed by atoms with E-state index < -0.39 is 29.7 Å². The number of rotatable bonds is 6. The van der Waals surface area contributed by atoms with Crippen LogP contribution in [0.1, 0.15) is 42.5 Å². The van der Waals surface area contributed by atoms with Crippen LogP contribution in [0.5, 0.6) is 0 Å². The molecule has 1 saturated carbocycles. The molecule has 176 valence electrons. The maximum atomic E-state index is 12.9. The van der Waals surface area contributed by atoms with Gasteiger partial charge in [-0.15, -0.1) is 0 Å². The zero-order valence-corrected chi connectivity index (χ0v) is 17.8. The van der Waals surface area contributed by atoms with Crippen LogP contribution in [0, 0.1) is 0 Å². The third-order valence-corrected chi connectivity index (χ3v) is 5.41. The first kappa shape index (κ1) is 21.7. The molecule has 2 aliphatic rings. The zero-order valence-electron chi connectivity index (χ0n) is 17.8. The van der Waals surface area contributed by atoms with E-state index in [9.17, 15) is 22.8 Å². The highest BCUT2D eigenvalue weighted by Gasteiger charge is 2.30. The van der Waals surface area contributed by atoms with Gasteiger partial charge in [0.1, 0.15) is 5.70 Å². The Balaban J connectivity index is 1.47. The predicted octanol–water partition coefficient (Wildman–Crippen LogP) is 3.07. The number of carbonyl (C=O) groups excluding carboxylic acids is 2. The molecule has 2 aromatic heterocycles. The molecule has 3 aromatic rings. The van der Waals surface area contributed by atoms with Crippen LogP contribution in [0.4, 0.5) is 29.9 Å². The largest absolute Gasteiger partial charge is 0.416 e. The zero-order chi connectivity index (χ0) is 24.0. The molecule has 0 bridgehead atoms. The summed E-state index contributed by atoms with van der Waals surface area (Å²) < 4.78 is 40.1. The van der Waals surface area contributed by atoms with Crippen LogP contribution in [-0.4, -0.2) is 37.6 Å². The molecule has 1 aliphatic carbocycles. The molecule has 1 saturated heterocycles. The average Bonchev–Trinajstić information content (AvgIpc) is 3.42. The van der Waals surface area contributed by atoms with Gasteiger partial charge >= 0.3 is 12.2 Å². The van der Waals surface area contributed by atoms with Crippen molar-refractivity contribution in [2.45, 2.75) is 38.0 Å². The van der Waals surface area contributed by atoms with Crippen molar-refractivity contribution in [1.29, 1.82) is 0 Å². The fourth-order valence-electron chi connectivity index (χ4n) is 3.44. The summed E-state index contributed by atoms with van der Waals surface area (Å²) in [5.41, 5.74) is 0.801. The van der Waals surface area contributed by atoms with Crippen LogP contribution in [0.2, 0.25) is 0 Å². The first-order chi connectivity index (χ1) is 16.2. The second kappa shape index (κ2) is 8.01. The van der Waals surface area contributed by atoms with Gasteiger partial charge in [0.15, 0.2) is 5.65 Å². The van der Waals surface area contributed by atoms with Crippen LogP contribution >= 0.6 is 0 Å². The molecule has 0 spiro atoms. The van der Waals surface area contributed by atoms with E-state index in [1.54, 1.807) is 6.92 Å². The predicted molar refractivity (Wildman–Crippen MR) is 116 cm³/mol. The number of urea groups is 1. The molecule has 0 radical (unpaired) electrons. The van der Waals surface area contributed by atoms with E-state index in [0.717, 1.165) is 25.0 Å². The number of carbonyl (C=O) groups is 2. The minimum Gasteiger partial charge on any atom is -0.351 e. The third-order valence-electron chi connectivity index (χ3n) is 5.41. The lowest BCUT2D eigenvalue weighted by atomic mass is 10.1. The number of aromatic nitrogens is 4. The van der Waals surface area contributed by atoms with E-state index in [2.05, 4.69) is 36.3 Å². The van der Waals surface area contributed by atoms with E-state index in [4.69, 9.17) is 0 Å². The Labute approximate surface area is 190 Å². The van der Waals surface area contributed by atoms with Gasteiger partial charge in [-0.1, -0.05) is 12.1 Å². The molecule has 3 amide bonds. The van der Waals surface area contributed by atoms with Crippen molar-refractivity contribution in [3.63, 3.8) is 0 Å². The standard InChI is InChI=1S/C21H19F3N8O2/c1-10(11-2-4-13(5-3-11)21(22,23)24)26-18-29-16-12(8-15-17(33)30-20(34)28-15)9-25-32(16)19(31-18)27-14-6-7-14/h2-5,8-10,14H,6-7H2,1H3,(H2,26,27,29,31)(H2,28,30,33,34)/b15-8-/t10-/m0/s1. The summed E-state index contributed by atoms with van der Waals surface area (Å²) in [5, 5.41) is 15.2. The number of hydrogen-bond donors (Lipinski definition) is 4. The maximum Gasteiger partial charge on any atom is 0.416 e. The van der Waals surface area contributed by atoms with Crippen LogP contribution in [0.3, 0.4) is 0 Å². The highest BCUT2D eigenvalue weighted by Crippen LogP contribution is 2.31. The van der Waals surface area contributed by atoms with Crippen LogP contribution < -0.4 is 21.3 Å². The topological polar surface area (TPSA) is 125 Å². The molecule has 0 unspecified atom stereocenters. The van der Waals surface area contributed by atoms with Crippen LogP contribution in [0.15, 0.2) is 36.2 Å².